The van der Waals surface area contributed by atoms with E-state index in [-0.39, 0.29) is 5.78 Å². The van der Waals surface area contributed by atoms with Crippen molar-refractivity contribution in [1.82, 2.24) is 0 Å². The van der Waals surface area contributed by atoms with Gasteiger partial charge in [0.2, 0.25) is 0 Å². The van der Waals surface area contributed by atoms with E-state index in [1.165, 1.54) is 0 Å². The number of ketones is 1. The van der Waals surface area contributed by atoms with E-state index in [9.17, 15) is 4.79 Å². The summed E-state index contributed by atoms with van der Waals surface area (Å²) in [5, 5.41) is 1.10. The van der Waals surface area contributed by atoms with E-state index in [4.69, 9.17) is 23.2 Å². The first-order chi connectivity index (χ1) is 7.50. The second-order valence-electron chi connectivity index (χ2n) is 3.87. The summed E-state index contributed by atoms with van der Waals surface area (Å²) in [5.41, 5.74) is 1.73. The van der Waals surface area contributed by atoms with Crippen LogP contribution >= 0.6 is 23.2 Å². The summed E-state index contributed by atoms with van der Waals surface area (Å²) in [6, 6.07) is 5.26. The predicted molar refractivity (Wildman–Crippen MR) is 69.2 cm³/mol. The van der Waals surface area contributed by atoms with Crippen LogP contribution in [0.15, 0.2) is 30.4 Å². The predicted octanol–water partition coefficient (Wildman–Crippen LogP) is 4.46. The molecule has 0 bridgehead atoms. The highest BCUT2D eigenvalue weighted by atomic mass is 35.5. The highest BCUT2D eigenvalue weighted by molar-refractivity contribution is 6.36. The van der Waals surface area contributed by atoms with Gasteiger partial charge in [0.1, 0.15) is 5.78 Å². The molecule has 0 saturated carbocycles. The van der Waals surface area contributed by atoms with Crippen LogP contribution in [0, 0.1) is 0 Å². The molecule has 86 valence electrons. The Balaban J connectivity index is 2.66. The molecule has 3 heteroatoms. The van der Waals surface area contributed by atoms with Crippen LogP contribution in [0.1, 0.15) is 25.3 Å². The first-order valence-electron chi connectivity index (χ1n) is 5.09. The number of carbonyl (C=O) groups excluding carboxylic acids is 1. The van der Waals surface area contributed by atoms with Crippen molar-refractivity contribution < 1.29 is 4.79 Å². The third-order valence-corrected chi connectivity index (χ3v) is 2.97. The second kappa shape index (κ2) is 6.07. The largest absolute Gasteiger partial charge is 0.299 e. The summed E-state index contributed by atoms with van der Waals surface area (Å²) in [6.45, 7) is 5.68. The lowest BCUT2D eigenvalue weighted by molar-refractivity contribution is -0.118. The van der Waals surface area contributed by atoms with Crippen molar-refractivity contribution in [2.45, 2.75) is 26.2 Å². The average Bonchev–Trinajstić information content (AvgIpc) is 2.21. The Morgan fingerprint density at radius 1 is 1.25 bits per heavy atom. The number of halogens is 2. The third kappa shape index (κ3) is 3.99. The van der Waals surface area contributed by atoms with Gasteiger partial charge in [-0.2, -0.15) is 0 Å². The van der Waals surface area contributed by atoms with Gasteiger partial charge < -0.3 is 0 Å². The van der Waals surface area contributed by atoms with Crippen LogP contribution in [0.2, 0.25) is 10.0 Å². The minimum Gasteiger partial charge on any atom is -0.299 e. The van der Waals surface area contributed by atoms with Crippen LogP contribution in [0.4, 0.5) is 0 Å². The molecule has 0 aliphatic carbocycles. The van der Waals surface area contributed by atoms with Gasteiger partial charge in [-0.25, -0.2) is 0 Å². The number of benzene rings is 1. The Bertz CT molecular complexity index is 390. The van der Waals surface area contributed by atoms with Crippen LogP contribution < -0.4 is 0 Å². The Labute approximate surface area is 106 Å². The van der Waals surface area contributed by atoms with Crippen LogP contribution in [-0.2, 0) is 11.2 Å². The molecule has 0 fully saturated rings. The fourth-order valence-electron chi connectivity index (χ4n) is 1.34. The molecule has 0 heterocycles. The number of hydrogen-bond donors (Lipinski definition) is 0. The van der Waals surface area contributed by atoms with E-state index in [0.29, 0.717) is 22.9 Å². The van der Waals surface area contributed by atoms with Gasteiger partial charge in [0.25, 0.3) is 0 Å². The van der Waals surface area contributed by atoms with Gasteiger partial charge in [0.05, 0.1) is 0 Å². The lowest BCUT2D eigenvalue weighted by Crippen LogP contribution is -2.03. The summed E-state index contributed by atoms with van der Waals surface area (Å²) < 4.78 is 0. The van der Waals surface area contributed by atoms with E-state index in [2.05, 4.69) is 6.58 Å². The molecule has 16 heavy (non-hydrogen) atoms. The number of allylic oxidation sites excluding steroid dienone is 1. The highest BCUT2D eigenvalue weighted by Gasteiger charge is 2.10. The molecular weight excluding hydrogens is 243 g/mol. The van der Waals surface area contributed by atoms with E-state index in [1.807, 2.05) is 6.92 Å². The Kier molecular flexibility index (Phi) is 5.04. The SMILES string of the molecule is C=C(C)CCC(=O)Cc1c(Cl)cccc1Cl. The Hall–Kier alpha value is -0.790. The molecule has 1 aromatic carbocycles. The van der Waals surface area contributed by atoms with Crippen molar-refractivity contribution in [3.63, 3.8) is 0 Å². The zero-order valence-corrected chi connectivity index (χ0v) is 10.7. The summed E-state index contributed by atoms with van der Waals surface area (Å²) >= 11 is 12.0. The van der Waals surface area contributed by atoms with Crippen molar-refractivity contribution in [3.05, 3.63) is 46.0 Å². The zero-order valence-electron chi connectivity index (χ0n) is 9.22. The van der Waals surface area contributed by atoms with Crippen molar-refractivity contribution in [2.75, 3.05) is 0 Å². The van der Waals surface area contributed by atoms with Crippen molar-refractivity contribution in [1.29, 1.82) is 0 Å². The molecule has 0 saturated heterocycles. The monoisotopic (exact) mass is 256 g/mol. The van der Waals surface area contributed by atoms with Crippen LogP contribution in [0.5, 0.6) is 0 Å². The van der Waals surface area contributed by atoms with Gasteiger partial charge in [-0.15, -0.1) is 6.58 Å². The molecule has 0 N–H and O–H groups in total. The van der Waals surface area contributed by atoms with Gasteiger partial charge >= 0.3 is 0 Å². The Morgan fingerprint density at radius 3 is 2.31 bits per heavy atom. The molecule has 0 radical (unpaired) electrons. The quantitative estimate of drug-likeness (QED) is 0.711. The number of hydrogen-bond acceptors (Lipinski definition) is 1. The summed E-state index contributed by atoms with van der Waals surface area (Å²) in [6.07, 6.45) is 1.52. The van der Waals surface area contributed by atoms with E-state index in [0.717, 1.165) is 17.6 Å². The molecule has 0 aromatic heterocycles. The van der Waals surface area contributed by atoms with Crippen molar-refractivity contribution >= 4 is 29.0 Å². The van der Waals surface area contributed by atoms with Gasteiger partial charge in [0, 0.05) is 22.9 Å². The highest BCUT2D eigenvalue weighted by Crippen LogP contribution is 2.25. The minimum absolute atomic E-state index is 0.137. The molecule has 1 nitrogen and oxygen atoms in total. The number of rotatable bonds is 5. The number of carbonyl (C=O) groups is 1. The molecule has 0 unspecified atom stereocenters. The molecule has 0 aliphatic heterocycles. The molecule has 1 aromatic rings. The number of Topliss-reactive ketones (excluding diaryl/α,β-unsaturated/α-hetero) is 1. The van der Waals surface area contributed by atoms with E-state index < -0.39 is 0 Å². The average molecular weight is 257 g/mol. The fourth-order valence-corrected chi connectivity index (χ4v) is 1.87. The summed E-state index contributed by atoms with van der Waals surface area (Å²) in [4.78, 5) is 11.7. The summed E-state index contributed by atoms with van der Waals surface area (Å²) in [7, 11) is 0. The van der Waals surface area contributed by atoms with Crippen molar-refractivity contribution in [3.8, 4) is 0 Å². The fraction of sp³-hybridized carbons (Fsp3) is 0.308. The zero-order chi connectivity index (χ0) is 12.1. The van der Waals surface area contributed by atoms with Crippen LogP contribution in [-0.4, -0.2) is 5.78 Å². The molecule has 0 atom stereocenters. The lowest BCUT2D eigenvalue weighted by Gasteiger charge is -2.06. The normalized spacial score (nSPS) is 10.2. The molecule has 1 rings (SSSR count). The second-order valence-corrected chi connectivity index (χ2v) is 4.69. The van der Waals surface area contributed by atoms with Gasteiger partial charge in [-0.1, -0.05) is 34.8 Å². The maximum atomic E-state index is 11.7. The first-order valence-corrected chi connectivity index (χ1v) is 5.85. The minimum atomic E-state index is 0.137. The topological polar surface area (TPSA) is 17.1 Å². The molecular formula is C13H14Cl2O. The maximum absolute atomic E-state index is 11.7. The van der Waals surface area contributed by atoms with Gasteiger partial charge in [-0.3, -0.25) is 4.79 Å². The maximum Gasteiger partial charge on any atom is 0.137 e. The standard InChI is InChI=1S/C13H14Cl2O/c1-9(2)6-7-10(16)8-11-12(14)4-3-5-13(11)15/h3-5H,1,6-8H2,2H3. The first kappa shape index (κ1) is 13.3. The molecule has 0 aliphatic rings. The van der Waals surface area contributed by atoms with Gasteiger partial charge in [-0.05, 0) is 31.0 Å². The third-order valence-electron chi connectivity index (χ3n) is 2.27. The van der Waals surface area contributed by atoms with Crippen molar-refractivity contribution in [2.24, 2.45) is 0 Å². The van der Waals surface area contributed by atoms with Crippen LogP contribution in [0.25, 0.3) is 0 Å². The molecule has 0 amide bonds. The smallest absolute Gasteiger partial charge is 0.137 e. The van der Waals surface area contributed by atoms with Gasteiger partial charge in [0.15, 0.2) is 0 Å². The van der Waals surface area contributed by atoms with E-state index >= 15 is 0 Å². The lowest BCUT2D eigenvalue weighted by atomic mass is 10.0. The summed E-state index contributed by atoms with van der Waals surface area (Å²) in [5.74, 6) is 0.137. The van der Waals surface area contributed by atoms with E-state index in [1.54, 1.807) is 18.2 Å². The Morgan fingerprint density at radius 2 is 1.81 bits per heavy atom. The molecule has 0 spiro atoms. The van der Waals surface area contributed by atoms with Crippen LogP contribution in [0.3, 0.4) is 0 Å².